The van der Waals surface area contributed by atoms with Crippen molar-refractivity contribution in [1.29, 1.82) is 0 Å². The van der Waals surface area contributed by atoms with Gasteiger partial charge >= 0.3 is 6.03 Å². The van der Waals surface area contributed by atoms with Crippen LogP contribution in [-0.2, 0) is 0 Å². The molecule has 1 fully saturated rings. The van der Waals surface area contributed by atoms with E-state index in [0.717, 1.165) is 12.8 Å². The van der Waals surface area contributed by atoms with Gasteiger partial charge in [-0.05, 0) is 36.4 Å². The summed E-state index contributed by atoms with van der Waals surface area (Å²) in [4.78, 5) is 27.3. The molecule has 0 spiro atoms. The van der Waals surface area contributed by atoms with Gasteiger partial charge in [-0.25, -0.2) is 4.79 Å². The molecule has 2 aromatic rings. The standard InChI is InChI=1S/C16H16N2O2S/c19-15(12-6-2-1-3-7-12)17-16(20)18-10-4-8-13(18)14-9-5-11-21-14/h1-3,5-7,9,11,13H,4,8,10H2,(H,17,19,20). The molecule has 0 saturated carbocycles. The van der Waals surface area contributed by atoms with Gasteiger partial charge in [0.15, 0.2) is 0 Å². The Balaban J connectivity index is 1.69. The molecule has 21 heavy (non-hydrogen) atoms. The molecule has 1 aromatic carbocycles. The van der Waals surface area contributed by atoms with Crippen LogP contribution in [-0.4, -0.2) is 23.4 Å². The largest absolute Gasteiger partial charge is 0.324 e. The third-order valence-corrected chi connectivity index (χ3v) is 4.62. The molecule has 5 heteroatoms. The van der Waals surface area contributed by atoms with Crippen LogP contribution in [0.25, 0.3) is 0 Å². The number of carbonyl (C=O) groups excluding carboxylic acids is 2. The lowest BCUT2D eigenvalue weighted by Crippen LogP contribution is -2.42. The molecule has 1 N–H and O–H groups in total. The van der Waals surface area contributed by atoms with Crippen molar-refractivity contribution in [3.8, 4) is 0 Å². The maximum Gasteiger partial charge on any atom is 0.324 e. The predicted octanol–water partition coefficient (Wildman–Crippen LogP) is 3.44. The minimum atomic E-state index is -0.350. The molecule has 2 heterocycles. The molecule has 1 aliphatic heterocycles. The van der Waals surface area contributed by atoms with Gasteiger partial charge < -0.3 is 4.90 Å². The first kappa shape index (κ1) is 13.8. The van der Waals surface area contributed by atoms with Gasteiger partial charge in [0.25, 0.3) is 5.91 Å². The molecule has 1 aliphatic rings. The van der Waals surface area contributed by atoms with Crippen LogP contribution in [0.5, 0.6) is 0 Å². The Morgan fingerprint density at radius 1 is 1.14 bits per heavy atom. The number of nitrogens with one attached hydrogen (secondary N) is 1. The van der Waals surface area contributed by atoms with Crippen LogP contribution in [0, 0.1) is 0 Å². The molecule has 1 saturated heterocycles. The first-order valence-corrected chi connectivity index (χ1v) is 7.84. The summed E-state index contributed by atoms with van der Waals surface area (Å²) in [5.41, 5.74) is 0.498. The lowest BCUT2D eigenvalue weighted by Gasteiger charge is -2.23. The molecule has 1 atom stereocenters. The zero-order valence-corrected chi connectivity index (χ0v) is 12.3. The molecular formula is C16H16N2O2S. The Labute approximate surface area is 127 Å². The van der Waals surface area contributed by atoms with Crippen molar-refractivity contribution in [2.45, 2.75) is 18.9 Å². The Kier molecular flexibility index (Phi) is 4.01. The summed E-state index contributed by atoms with van der Waals surface area (Å²) in [6.07, 6.45) is 1.92. The molecule has 4 nitrogen and oxygen atoms in total. The van der Waals surface area contributed by atoms with Crippen molar-refractivity contribution in [2.24, 2.45) is 0 Å². The third kappa shape index (κ3) is 2.97. The maximum absolute atomic E-state index is 12.3. The van der Waals surface area contributed by atoms with Gasteiger partial charge in [0.05, 0.1) is 6.04 Å². The Bertz CT molecular complexity index is 625. The van der Waals surface area contributed by atoms with Crippen LogP contribution in [0.4, 0.5) is 4.79 Å². The average Bonchev–Trinajstić information content (AvgIpc) is 3.18. The molecule has 1 unspecified atom stereocenters. The van der Waals surface area contributed by atoms with Crippen LogP contribution in [0.15, 0.2) is 47.8 Å². The summed E-state index contributed by atoms with van der Waals surface area (Å²) in [6, 6.07) is 12.6. The van der Waals surface area contributed by atoms with Gasteiger partial charge in [-0.15, -0.1) is 11.3 Å². The number of urea groups is 1. The van der Waals surface area contributed by atoms with E-state index >= 15 is 0 Å². The van der Waals surface area contributed by atoms with Crippen LogP contribution in [0.1, 0.15) is 34.1 Å². The van der Waals surface area contributed by atoms with E-state index in [4.69, 9.17) is 0 Å². The van der Waals surface area contributed by atoms with Crippen LogP contribution in [0.3, 0.4) is 0 Å². The summed E-state index contributed by atoms with van der Waals surface area (Å²) in [6.45, 7) is 0.691. The number of hydrogen-bond donors (Lipinski definition) is 1. The van der Waals surface area contributed by atoms with Crippen molar-refractivity contribution in [3.05, 3.63) is 58.3 Å². The Morgan fingerprint density at radius 2 is 1.95 bits per heavy atom. The second-order valence-electron chi connectivity index (χ2n) is 4.99. The van der Waals surface area contributed by atoms with Crippen molar-refractivity contribution < 1.29 is 9.59 Å². The first-order valence-electron chi connectivity index (χ1n) is 6.96. The maximum atomic E-state index is 12.3. The van der Waals surface area contributed by atoms with Crippen molar-refractivity contribution in [3.63, 3.8) is 0 Å². The van der Waals surface area contributed by atoms with Gasteiger partial charge in [0, 0.05) is 17.0 Å². The minimum absolute atomic E-state index is 0.0913. The summed E-state index contributed by atoms with van der Waals surface area (Å²) in [7, 11) is 0. The molecular weight excluding hydrogens is 284 g/mol. The van der Waals surface area contributed by atoms with Gasteiger partial charge in [-0.3, -0.25) is 10.1 Å². The number of amides is 3. The highest BCUT2D eigenvalue weighted by Gasteiger charge is 2.31. The summed E-state index contributed by atoms with van der Waals surface area (Å²) < 4.78 is 0. The SMILES string of the molecule is O=C(NC(=O)N1CCCC1c1cccs1)c1ccccc1. The van der Waals surface area contributed by atoms with Crippen molar-refractivity contribution in [2.75, 3.05) is 6.54 Å². The van der Waals surface area contributed by atoms with E-state index in [0.29, 0.717) is 12.1 Å². The molecule has 0 aliphatic carbocycles. The summed E-state index contributed by atoms with van der Waals surface area (Å²) in [5.74, 6) is -0.350. The first-order chi connectivity index (χ1) is 10.3. The second kappa shape index (κ2) is 6.10. The molecule has 108 valence electrons. The zero-order valence-electron chi connectivity index (χ0n) is 11.5. The third-order valence-electron chi connectivity index (χ3n) is 3.64. The number of nitrogens with zero attached hydrogens (tertiary/aromatic N) is 1. The van der Waals surface area contributed by atoms with Crippen LogP contribution >= 0.6 is 11.3 Å². The lowest BCUT2D eigenvalue weighted by molar-refractivity contribution is 0.0950. The predicted molar refractivity (Wildman–Crippen MR) is 82.3 cm³/mol. The average molecular weight is 300 g/mol. The molecule has 3 amide bonds. The zero-order chi connectivity index (χ0) is 14.7. The fourth-order valence-electron chi connectivity index (χ4n) is 2.62. The fraction of sp³-hybridized carbons (Fsp3) is 0.250. The number of likely N-dealkylation sites (tertiary alicyclic amines) is 1. The van der Waals surface area contributed by atoms with E-state index in [2.05, 4.69) is 5.32 Å². The Hall–Kier alpha value is -2.14. The lowest BCUT2D eigenvalue weighted by atomic mass is 10.2. The highest BCUT2D eigenvalue weighted by atomic mass is 32.1. The smallest absolute Gasteiger partial charge is 0.317 e. The van der Waals surface area contributed by atoms with E-state index in [1.54, 1.807) is 40.5 Å². The van der Waals surface area contributed by atoms with Crippen LogP contribution in [0.2, 0.25) is 0 Å². The fourth-order valence-corrected chi connectivity index (χ4v) is 3.49. The van der Waals surface area contributed by atoms with Gasteiger partial charge in [0.1, 0.15) is 0 Å². The van der Waals surface area contributed by atoms with E-state index < -0.39 is 0 Å². The summed E-state index contributed by atoms with van der Waals surface area (Å²) >= 11 is 1.65. The topological polar surface area (TPSA) is 49.4 Å². The van der Waals surface area contributed by atoms with Gasteiger partial charge in [0.2, 0.25) is 0 Å². The number of thiophene rings is 1. The van der Waals surface area contributed by atoms with Gasteiger partial charge in [-0.2, -0.15) is 0 Å². The van der Waals surface area contributed by atoms with E-state index in [1.807, 2.05) is 23.6 Å². The summed E-state index contributed by atoms with van der Waals surface area (Å²) in [5, 5.41) is 4.50. The van der Waals surface area contributed by atoms with E-state index in [9.17, 15) is 9.59 Å². The van der Waals surface area contributed by atoms with E-state index in [1.165, 1.54) is 4.88 Å². The van der Waals surface area contributed by atoms with Crippen molar-refractivity contribution in [1.82, 2.24) is 10.2 Å². The highest BCUT2D eigenvalue weighted by Crippen LogP contribution is 2.34. The normalized spacial score (nSPS) is 17.7. The minimum Gasteiger partial charge on any atom is -0.317 e. The monoisotopic (exact) mass is 300 g/mol. The number of carbonyl (C=O) groups is 2. The van der Waals surface area contributed by atoms with Gasteiger partial charge in [-0.1, -0.05) is 24.3 Å². The van der Waals surface area contributed by atoms with Crippen molar-refractivity contribution >= 4 is 23.3 Å². The molecule has 3 rings (SSSR count). The van der Waals surface area contributed by atoms with E-state index in [-0.39, 0.29) is 18.0 Å². The number of hydrogen-bond acceptors (Lipinski definition) is 3. The molecule has 1 aromatic heterocycles. The molecule has 0 radical (unpaired) electrons. The number of rotatable bonds is 2. The highest BCUT2D eigenvalue weighted by molar-refractivity contribution is 7.10. The van der Waals surface area contributed by atoms with Crippen LogP contribution < -0.4 is 5.32 Å². The number of benzene rings is 1. The quantitative estimate of drug-likeness (QED) is 0.923. The second-order valence-corrected chi connectivity index (χ2v) is 5.97. The molecule has 0 bridgehead atoms. The Morgan fingerprint density at radius 3 is 2.67 bits per heavy atom. The number of imide groups is 1.